The molecule has 0 saturated carbocycles. The summed E-state index contributed by atoms with van der Waals surface area (Å²) in [6, 6.07) is 38.9. The smallest absolute Gasteiger partial charge is 0.219 e. The fourth-order valence-electron chi connectivity index (χ4n) is 4.39. The summed E-state index contributed by atoms with van der Waals surface area (Å²) in [5.74, 6) is 1.30. The van der Waals surface area contributed by atoms with E-state index in [2.05, 4.69) is 71.4 Å². The molecule has 0 fully saturated rings. The molecule has 0 aliphatic carbocycles. The average molecular weight is 454 g/mol. The fraction of sp³-hybridized carbons (Fsp3) is 0.0323. The minimum atomic E-state index is 0.535. The van der Waals surface area contributed by atoms with Gasteiger partial charge in [-0.3, -0.25) is 4.98 Å². The first-order valence-electron chi connectivity index (χ1n) is 11.6. The van der Waals surface area contributed by atoms with E-state index < -0.39 is 0 Å². The third kappa shape index (κ3) is 3.96. The summed E-state index contributed by atoms with van der Waals surface area (Å²) < 4.78 is 6.54. The molecule has 4 nitrogen and oxygen atoms in total. The van der Waals surface area contributed by atoms with Crippen LogP contribution in [0.3, 0.4) is 0 Å². The van der Waals surface area contributed by atoms with Gasteiger partial charge in [0.05, 0.1) is 11.2 Å². The predicted octanol–water partition coefficient (Wildman–Crippen LogP) is 8.35. The molecule has 6 rings (SSSR count). The van der Waals surface area contributed by atoms with Gasteiger partial charge in [-0.15, -0.1) is 0 Å². The summed E-state index contributed by atoms with van der Waals surface area (Å²) in [5.41, 5.74) is 5.78. The van der Waals surface area contributed by atoms with Crippen LogP contribution in [0.15, 0.2) is 121 Å². The zero-order valence-electron chi connectivity index (χ0n) is 19.3. The Morgan fingerprint density at radius 3 is 1.97 bits per heavy atom. The number of fused-ring (bicyclic) bond motifs is 3. The maximum absolute atomic E-state index is 6.54. The van der Waals surface area contributed by atoms with Crippen LogP contribution in [-0.2, 0) is 0 Å². The Bertz CT molecular complexity index is 1590. The van der Waals surface area contributed by atoms with Crippen molar-refractivity contribution in [3.63, 3.8) is 0 Å². The standard InChI is InChI=1S/C31H23N3O/c1-22-10-8-16-27(34(25-12-4-2-5-13-25)26-14-6-3-7-15-26)31(22)35-28-20-19-24-18-17-23-11-9-21-32-29(23)30(24)33-28/h2-21H,1H3. The molecule has 0 amide bonds. The van der Waals surface area contributed by atoms with Crippen molar-refractivity contribution in [2.45, 2.75) is 6.92 Å². The van der Waals surface area contributed by atoms with Gasteiger partial charge in [0.2, 0.25) is 5.88 Å². The van der Waals surface area contributed by atoms with Crippen molar-refractivity contribution < 1.29 is 4.74 Å². The normalized spacial score (nSPS) is 11.0. The minimum absolute atomic E-state index is 0.535. The zero-order chi connectivity index (χ0) is 23.6. The van der Waals surface area contributed by atoms with Crippen LogP contribution in [0.2, 0.25) is 0 Å². The van der Waals surface area contributed by atoms with E-state index >= 15 is 0 Å². The highest BCUT2D eigenvalue weighted by molar-refractivity contribution is 6.02. The maximum Gasteiger partial charge on any atom is 0.219 e. The van der Waals surface area contributed by atoms with Crippen LogP contribution < -0.4 is 9.64 Å². The molecule has 35 heavy (non-hydrogen) atoms. The van der Waals surface area contributed by atoms with Gasteiger partial charge < -0.3 is 9.64 Å². The lowest BCUT2D eigenvalue weighted by Gasteiger charge is -2.27. The molecule has 4 aromatic carbocycles. The molecule has 0 saturated heterocycles. The molecule has 0 aliphatic heterocycles. The van der Waals surface area contributed by atoms with Gasteiger partial charge in [-0.25, -0.2) is 4.98 Å². The molecule has 168 valence electrons. The Hall–Kier alpha value is -4.70. The summed E-state index contributed by atoms with van der Waals surface area (Å²) in [6.45, 7) is 2.06. The molecule has 4 heteroatoms. The van der Waals surface area contributed by atoms with Crippen LogP contribution in [0.25, 0.3) is 21.8 Å². The van der Waals surface area contributed by atoms with Crippen molar-refractivity contribution in [2.24, 2.45) is 0 Å². The molecule has 0 spiro atoms. The molecular weight excluding hydrogens is 430 g/mol. The van der Waals surface area contributed by atoms with Crippen LogP contribution in [0, 0.1) is 6.92 Å². The van der Waals surface area contributed by atoms with E-state index in [0.29, 0.717) is 5.88 Å². The largest absolute Gasteiger partial charge is 0.437 e. The van der Waals surface area contributed by atoms with Crippen LogP contribution in [-0.4, -0.2) is 9.97 Å². The molecule has 0 bridgehead atoms. The third-order valence-electron chi connectivity index (χ3n) is 6.07. The maximum atomic E-state index is 6.54. The Labute approximate surface area is 204 Å². The summed E-state index contributed by atoms with van der Waals surface area (Å²) in [6.07, 6.45) is 1.80. The van der Waals surface area contributed by atoms with Crippen LogP contribution in [0.4, 0.5) is 17.1 Å². The van der Waals surface area contributed by atoms with Crippen LogP contribution >= 0.6 is 0 Å². The first kappa shape index (κ1) is 20.9. The van der Waals surface area contributed by atoms with E-state index in [1.54, 1.807) is 6.20 Å². The fourth-order valence-corrected chi connectivity index (χ4v) is 4.39. The molecule has 0 aliphatic rings. The Kier molecular flexibility index (Phi) is 5.32. The van der Waals surface area contributed by atoms with Crippen LogP contribution in [0.1, 0.15) is 5.56 Å². The minimum Gasteiger partial charge on any atom is -0.437 e. The highest BCUT2D eigenvalue weighted by atomic mass is 16.5. The number of rotatable bonds is 5. The SMILES string of the molecule is Cc1cccc(N(c2ccccc2)c2ccccc2)c1Oc1ccc2ccc3cccnc3c2n1. The van der Waals surface area contributed by atoms with Gasteiger partial charge in [-0.1, -0.05) is 66.7 Å². The van der Waals surface area contributed by atoms with Crippen molar-refractivity contribution in [1.29, 1.82) is 0 Å². The number of benzene rings is 4. The monoisotopic (exact) mass is 453 g/mol. The lowest BCUT2D eigenvalue weighted by molar-refractivity contribution is 0.463. The number of hydrogen-bond acceptors (Lipinski definition) is 4. The van der Waals surface area contributed by atoms with Crippen LogP contribution in [0.5, 0.6) is 11.6 Å². The second kappa shape index (κ2) is 8.92. The first-order valence-corrected chi connectivity index (χ1v) is 11.6. The summed E-state index contributed by atoms with van der Waals surface area (Å²) >= 11 is 0. The predicted molar refractivity (Wildman–Crippen MR) is 143 cm³/mol. The highest BCUT2D eigenvalue weighted by Gasteiger charge is 2.19. The Morgan fingerprint density at radius 1 is 0.600 bits per heavy atom. The van der Waals surface area contributed by atoms with E-state index in [0.717, 1.165) is 50.2 Å². The number of pyridine rings is 2. The van der Waals surface area contributed by atoms with Crippen molar-refractivity contribution in [2.75, 3.05) is 4.90 Å². The first-order chi connectivity index (χ1) is 17.3. The second-order valence-corrected chi connectivity index (χ2v) is 8.39. The Balaban J connectivity index is 1.50. The summed E-state index contributed by atoms with van der Waals surface area (Å²) in [4.78, 5) is 11.7. The highest BCUT2D eigenvalue weighted by Crippen LogP contribution is 2.43. The van der Waals surface area contributed by atoms with Crippen molar-refractivity contribution in [3.8, 4) is 11.6 Å². The number of anilines is 3. The molecule has 0 radical (unpaired) electrons. The second-order valence-electron chi connectivity index (χ2n) is 8.39. The lowest BCUT2D eigenvalue weighted by atomic mass is 10.1. The average Bonchev–Trinajstić information content (AvgIpc) is 2.92. The number of aryl methyl sites for hydroxylation is 1. The third-order valence-corrected chi connectivity index (χ3v) is 6.07. The zero-order valence-corrected chi connectivity index (χ0v) is 19.3. The van der Waals surface area contributed by atoms with Gasteiger partial charge in [-0.05, 0) is 55.0 Å². The quantitative estimate of drug-likeness (QED) is 0.246. The molecule has 2 heterocycles. The summed E-state index contributed by atoms with van der Waals surface area (Å²) in [7, 11) is 0. The van der Waals surface area contributed by atoms with E-state index in [-0.39, 0.29) is 0 Å². The van der Waals surface area contributed by atoms with E-state index in [4.69, 9.17) is 9.72 Å². The number of para-hydroxylation sites is 3. The van der Waals surface area contributed by atoms with Gasteiger partial charge in [0.15, 0.2) is 5.75 Å². The molecule has 0 N–H and O–H groups in total. The van der Waals surface area contributed by atoms with Gasteiger partial charge in [0.25, 0.3) is 0 Å². The van der Waals surface area contributed by atoms with Gasteiger partial charge >= 0.3 is 0 Å². The molecule has 6 aromatic rings. The van der Waals surface area contributed by atoms with Gasteiger partial charge in [0.1, 0.15) is 5.52 Å². The lowest BCUT2D eigenvalue weighted by Crippen LogP contribution is -2.11. The molecule has 2 aromatic heterocycles. The van der Waals surface area contributed by atoms with Crippen molar-refractivity contribution in [1.82, 2.24) is 9.97 Å². The number of nitrogens with zero attached hydrogens (tertiary/aromatic N) is 3. The Morgan fingerprint density at radius 2 is 1.26 bits per heavy atom. The molecule has 0 unspecified atom stereocenters. The number of aromatic nitrogens is 2. The topological polar surface area (TPSA) is 38.2 Å². The number of hydrogen-bond donors (Lipinski definition) is 0. The van der Waals surface area contributed by atoms with Gasteiger partial charge in [-0.2, -0.15) is 0 Å². The van der Waals surface area contributed by atoms with E-state index in [1.807, 2.05) is 60.7 Å². The van der Waals surface area contributed by atoms with E-state index in [1.165, 1.54) is 0 Å². The van der Waals surface area contributed by atoms with E-state index in [9.17, 15) is 0 Å². The number of ether oxygens (including phenoxy) is 1. The van der Waals surface area contributed by atoms with Gasteiger partial charge in [0, 0.05) is 34.4 Å². The van der Waals surface area contributed by atoms with Crippen molar-refractivity contribution >= 4 is 38.9 Å². The molecular formula is C31H23N3O. The molecule has 0 atom stereocenters. The summed E-state index contributed by atoms with van der Waals surface area (Å²) in [5, 5.41) is 2.09. The van der Waals surface area contributed by atoms with Crippen molar-refractivity contribution in [3.05, 3.63) is 127 Å².